The van der Waals surface area contributed by atoms with Crippen molar-refractivity contribution in [2.24, 2.45) is 0 Å². The third kappa shape index (κ3) is 5.94. The number of benzene rings is 3. The maximum absolute atomic E-state index is 13.6. The predicted octanol–water partition coefficient (Wildman–Crippen LogP) is 5.30. The first-order valence-corrected chi connectivity index (χ1v) is 10.2. The first kappa shape index (κ1) is 20.1. The highest BCUT2D eigenvalue weighted by atomic mass is 32.2. The summed E-state index contributed by atoms with van der Waals surface area (Å²) < 4.78 is 19.7. The topological polar surface area (TPSA) is 38.3 Å². The summed E-state index contributed by atoms with van der Waals surface area (Å²) in [5.41, 5.74) is 2.39. The van der Waals surface area contributed by atoms with E-state index in [-0.39, 0.29) is 23.5 Å². The van der Waals surface area contributed by atoms with E-state index in [1.807, 2.05) is 60.7 Å². The first-order valence-electron chi connectivity index (χ1n) is 9.07. The molecule has 144 valence electrons. The lowest BCUT2D eigenvalue weighted by Crippen LogP contribution is -2.16. The van der Waals surface area contributed by atoms with Crippen LogP contribution in [0, 0.1) is 5.82 Å². The zero-order chi connectivity index (χ0) is 19.6. The van der Waals surface area contributed by atoms with Crippen LogP contribution in [0.2, 0.25) is 0 Å². The van der Waals surface area contributed by atoms with Crippen LogP contribution in [0.15, 0.2) is 84.9 Å². The molecule has 0 spiro atoms. The van der Waals surface area contributed by atoms with Gasteiger partial charge in [-0.25, -0.2) is 4.39 Å². The molecule has 1 N–H and O–H groups in total. The van der Waals surface area contributed by atoms with Crippen molar-refractivity contribution in [2.45, 2.75) is 6.10 Å². The minimum atomic E-state index is -0.433. The van der Waals surface area contributed by atoms with Gasteiger partial charge in [0.15, 0.2) is 0 Å². The van der Waals surface area contributed by atoms with Crippen molar-refractivity contribution in [3.63, 3.8) is 0 Å². The summed E-state index contributed by atoms with van der Waals surface area (Å²) in [6.07, 6.45) is -0.143. The van der Waals surface area contributed by atoms with E-state index < -0.39 is 5.82 Å². The number of anilines is 1. The van der Waals surface area contributed by atoms with Gasteiger partial charge in [0, 0.05) is 5.75 Å². The summed E-state index contributed by atoms with van der Waals surface area (Å²) in [5.74, 6) is 0.260. The zero-order valence-corrected chi connectivity index (χ0v) is 16.2. The van der Waals surface area contributed by atoms with Crippen LogP contribution in [0.25, 0.3) is 0 Å². The normalized spacial score (nSPS) is 10.8. The van der Waals surface area contributed by atoms with Crippen molar-refractivity contribution in [1.29, 1.82) is 0 Å². The van der Waals surface area contributed by atoms with Crippen molar-refractivity contribution in [1.82, 2.24) is 0 Å². The molecule has 1 amide bonds. The van der Waals surface area contributed by atoms with Gasteiger partial charge in [-0.05, 0) is 23.3 Å². The molecule has 0 heterocycles. The highest BCUT2D eigenvalue weighted by Gasteiger charge is 2.14. The smallest absolute Gasteiger partial charge is 0.234 e. The molecule has 3 aromatic rings. The van der Waals surface area contributed by atoms with E-state index in [9.17, 15) is 9.18 Å². The molecule has 28 heavy (non-hydrogen) atoms. The molecule has 0 saturated carbocycles. The average molecular weight is 395 g/mol. The van der Waals surface area contributed by atoms with E-state index in [4.69, 9.17) is 4.74 Å². The van der Waals surface area contributed by atoms with Crippen molar-refractivity contribution in [3.05, 3.63) is 102 Å². The van der Waals surface area contributed by atoms with Crippen LogP contribution in [-0.2, 0) is 9.53 Å². The van der Waals surface area contributed by atoms with E-state index in [0.717, 1.165) is 11.1 Å². The number of rotatable bonds is 9. The molecule has 3 nitrogen and oxygen atoms in total. The summed E-state index contributed by atoms with van der Waals surface area (Å²) in [7, 11) is 0. The molecule has 3 rings (SSSR count). The second-order valence-electron chi connectivity index (χ2n) is 6.15. The number of hydrogen-bond acceptors (Lipinski definition) is 3. The molecule has 3 aromatic carbocycles. The van der Waals surface area contributed by atoms with Crippen molar-refractivity contribution < 1.29 is 13.9 Å². The molecule has 0 aliphatic heterocycles. The Labute approximate surface area is 168 Å². The van der Waals surface area contributed by atoms with Gasteiger partial charge in [0.05, 0.1) is 18.0 Å². The van der Waals surface area contributed by atoms with Crippen LogP contribution in [0.4, 0.5) is 10.1 Å². The summed E-state index contributed by atoms with van der Waals surface area (Å²) in [6.45, 7) is 0.506. The number of ether oxygens (including phenoxy) is 1. The lowest BCUT2D eigenvalue weighted by Gasteiger charge is -2.19. The van der Waals surface area contributed by atoms with E-state index >= 15 is 0 Å². The molecule has 0 radical (unpaired) electrons. The number of carbonyl (C=O) groups is 1. The first-order chi connectivity index (χ1) is 13.7. The largest absolute Gasteiger partial charge is 0.368 e. The Morgan fingerprint density at radius 2 is 1.46 bits per heavy atom. The van der Waals surface area contributed by atoms with Gasteiger partial charge in [0.2, 0.25) is 5.91 Å². The zero-order valence-electron chi connectivity index (χ0n) is 15.4. The van der Waals surface area contributed by atoms with Crippen LogP contribution < -0.4 is 5.32 Å². The van der Waals surface area contributed by atoms with Crippen LogP contribution in [0.5, 0.6) is 0 Å². The predicted molar refractivity (Wildman–Crippen MR) is 113 cm³/mol. The van der Waals surface area contributed by atoms with Gasteiger partial charge in [-0.2, -0.15) is 0 Å². The molecule has 0 bridgehead atoms. The average Bonchev–Trinajstić information content (AvgIpc) is 2.73. The maximum atomic E-state index is 13.6. The Hall–Kier alpha value is -2.63. The van der Waals surface area contributed by atoms with E-state index in [0.29, 0.717) is 12.4 Å². The SMILES string of the molecule is O=C(CSCCOC(c1ccccc1)c1ccccc1)Nc1ccccc1F. The van der Waals surface area contributed by atoms with Gasteiger partial charge < -0.3 is 10.1 Å². The van der Waals surface area contributed by atoms with Crippen molar-refractivity contribution in [2.75, 3.05) is 23.4 Å². The fraction of sp³-hybridized carbons (Fsp3) is 0.174. The lowest BCUT2D eigenvalue weighted by molar-refractivity contribution is -0.113. The summed E-state index contributed by atoms with van der Waals surface area (Å²) in [6, 6.07) is 26.3. The monoisotopic (exact) mass is 395 g/mol. The Morgan fingerprint density at radius 1 is 0.893 bits per heavy atom. The number of hydrogen-bond donors (Lipinski definition) is 1. The van der Waals surface area contributed by atoms with Crippen LogP contribution in [-0.4, -0.2) is 24.0 Å². The minimum absolute atomic E-state index is 0.143. The van der Waals surface area contributed by atoms with Crippen LogP contribution >= 0.6 is 11.8 Å². The van der Waals surface area contributed by atoms with Gasteiger partial charge in [0.25, 0.3) is 0 Å². The van der Waals surface area contributed by atoms with Crippen LogP contribution in [0.1, 0.15) is 17.2 Å². The second-order valence-corrected chi connectivity index (χ2v) is 7.26. The molecule has 0 aromatic heterocycles. The third-order valence-electron chi connectivity index (χ3n) is 4.10. The van der Waals surface area contributed by atoms with Gasteiger partial charge in [0.1, 0.15) is 11.9 Å². The molecule has 0 aliphatic rings. The number of nitrogens with one attached hydrogen (secondary N) is 1. The minimum Gasteiger partial charge on any atom is -0.368 e. The summed E-state index contributed by atoms with van der Waals surface area (Å²) >= 11 is 1.46. The standard InChI is InChI=1S/C23H22FNO2S/c24-20-13-7-8-14-21(20)25-22(26)17-28-16-15-27-23(18-9-3-1-4-10-18)19-11-5-2-6-12-19/h1-14,23H,15-17H2,(H,25,26). The Morgan fingerprint density at radius 3 is 2.07 bits per heavy atom. The summed E-state index contributed by atoms with van der Waals surface area (Å²) in [4.78, 5) is 12.0. The van der Waals surface area contributed by atoms with Crippen molar-refractivity contribution in [3.8, 4) is 0 Å². The fourth-order valence-corrected chi connectivity index (χ4v) is 3.40. The lowest BCUT2D eigenvalue weighted by atomic mass is 10.0. The molecule has 0 aliphatic carbocycles. The molecule has 0 unspecified atom stereocenters. The maximum Gasteiger partial charge on any atom is 0.234 e. The van der Waals surface area contributed by atoms with Gasteiger partial charge >= 0.3 is 0 Å². The summed E-state index contributed by atoms with van der Waals surface area (Å²) in [5, 5.41) is 2.59. The van der Waals surface area contributed by atoms with E-state index in [1.54, 1.807) is 18.2 Å². The Kier molecular flexibility index (Phi) is 7.64. The number of halogens is 1. The van der Waals surface area contributed by atoms with E-state index in [2.05, 4.69) is 5.32 Å². The molecule has 5 heteroatoms. The van der Waals surface area contributed by atoms with Crippen molar-refractivity contribution >= 4 is 23.4 Å². The van der Waals surface area contributed by atoms with Gasteiger partial charge in [-0.15, -0.1) is 11.8 Å². The number of carbonyl (C=O) groups excluding carboxylic acids is 1. The van der Waals surface area contributed by atoms with Gasteiger partial charge in [-0.1, -0.05) is 72.8 Å². The number of amides is 1. The van der Waals surface area contributed by atoms with E-state index in [1.165, 1.54) is 17.8 Å². The van der Waals surface area contributed by atoms with Crippen LogP contribution in [0.3, 0.4) is 0 Å². The molecule has 0 fully saturated rings. The molecular weight excluding hydrogens is 373 g/mol. The third-order valence-corrected chi connectivity index (χ3v) is 5.02. The quantitative estimate of drug-likeness (QED) is 0.500. The molecule has 0 atom stereocenters. The molecular formula is C23H22FNO2S. The second kappa shape index (κ2) is 10.6. The molecule has 0 saturated heterocycles. The highest BCUT2D eigenvalue weighted by molar-refractivity contribution is 7.99. The highest BCUT2D eigenvalue weighted by Crippen LogP contribution is 2.26. The number of thioether (sulfide) groups is 1. The number of para-hydroxylation sites is 1. The Balaban J connectivity index is 1.47. The Bertz CT molecular complexity index is 835. The van der Waals surface area contributed by atoms with Gasteiger partial charge in [-0.3, -0.25) is 4.79 Å². The fourth-order valence-electron chi connectivity index (χ4n) is 2.78.